The molecule has 110 valence electrons. The first kappa shape index (κ1) is 16.7. The molecule has 0 saturated carbocycles. The summed E-state index contributed by atoms with van der Waals surface area (Å²) in [6, 6.07) is 3.91. The first-order chi connectivity index (χ1) is 9.56. The number of hydrogen-bond acceptors (Lipinski definition) is 3. The van der Waals surface area contributed by atoms with Crippen molar-refractivity contribution in [3.05, 3.63) is 28.8 Å². The van der Waals surface area contributed by atoms with Gasteiger partial charge in [-0.05, 0) is 37.5 Å². The van der Waals surface area contributed by atoms with E-state index in [1.165, 1.54) is 4.90 Å². The molecule has 0 spiro atoms. The Morgan fingerprint density at radius 2 is 2.10 bits per heavy atom. The van der Waals surface area contributed by atoms with Crippen molar-refractivity contribution in [2.45, 2.75) is 27.4 Å². The van der Waals surface area contributed by atoms with Gasteiger partial charge >= 0.3 is 0 Å². The zero-order valence-corrected chi connectivity index (χ0v) is 12.9. The van der Waals surface area contributed by atoms with Gasteiger partial charge in [0, 0.05) is 6.61 Å². The SMILES string of the molecule is CCOCc1ccc(C)c(N(CC=O)C(=O)CCl)c1C. The van der Waals surface area contributed by atoms with E-state index < -0.39 is 0 Å². The zero-order chi connectivity index (χ0) is 15.1. The van der Waals surface area contributed by atoms with Crippen molar-refractivity contribution in [3.63, 3.8) is 0 Å². The van der Waals surface area contributed by atoms with Crippen LogP contribution in [0.2, 0.25) is 0 Å². The number of rotatable bonds is 7. The highest BCUT2D eigenvalue weighted by atomic mass is 35.5. The van der Waals surface area contributed by atoms with E-state index in [1.807, 2.05) is 32.9 Å². The molecule has 0 fully saturated rings. The van der Waals surface area contributed by atoms with Gasteiger partial charge in [-0.1, -0.05) is 12.1 Å². The highest BCUT2D eigenvalue weighted by Gasteiger charge is 2.19. The fraction of sp³-hybridized carbons (Fsp3) is 0.467. The average molecular weight is 298 g/mol. The highest BCUT2D eigenvalue weighted by Crippen LogP contribution is 2.28. The van der Waals surface area contributed by atoms with Crippen molar-refractivity contribution in [3.8, 4) is 0 Å². The number of carbonyl (C=O) groups is 2. The summed E-state index contributed by atoms with van der Waals surface area (Å²) in [5.74, 6) is -0.430. The quantitative estimate of drug-likeness (QED) is 0.574. The number of alkyl halides is 1. The predicted molar refractivity (Wildman–Crippen MR) is 80.4 cm³/mol. The van der Waals surface area contributed by atoms with Crippen LogP contribution in [0.15, 0.2) is 12.1 Å². The fourth-order valence-electron chi connectivity index (χ4n) is 2.13. The minimum atomic E-state index is -0.279. The standard InChI is InChI=1S/C15H20ClNO3/c1-4-20-10-13-6-5-11(2)15(12(13)3)17(7-8-18)14(19)9-16/h5-6,8H,4,7,9-10H2,1-3H3. The van der Waals surface area contributed by atoms with Gasteiger partial charge in [0.15, 0.2) is 0 Å². The Bertz CT molecular complexity index is 488. The van der Waals surface area contributed by atoms with Gasteiger partial charge in [-0.25, -0.2) is 0 Å². The van der Waals surface area contributed by atoms with Gasteiger partial charge in [0.25, 0.3) is 0 Å². The molecule has 1 aromatic rings. The van der Waals surface area contributed by atoms with Gasteiger partial charge in [0.05, 0.1) is 18.8 Å². The van der Waals surface area contributed by atoms with Gasteiger partial charge in [0.1, 0.15) is 12.2 Å². The van der Waals surface area contributed by atoms with E-state index in [0.717, 1.165) is 22.4 Å². The Morgan fingerprint density at radius 1 is 1.40 bits per heavy atom. The minimum absolute atomic E-state index is 0.00528. The number of amides is 1. The third kappa shape index (κ3) is 3.81. The number of benzene rings is 1. The van der Waals surface area contributed by atoms with Crippen molar-refractivity contribution in [2.24, 2.45) is 0 Å². The molecule has 0 aromatic heterocycles. The van der Waals surface area contributed by atoms with Crippen LogP contribution in [-0.2, 0) is 20.9 Å². The molecule has 0 saturated heterocycles. The van der Waals surface area contributed by atoms with Crippen LogP contribution in [0.5, 0.6) is 0 Å². The monoisotopic (exact) mass is 297 g/mol. The summed E-state index contributed by atoms with van der Waals surface area (Å²) < 4.78 is 5.42. The molecule has 0 bridgehead atoms. The van der Waals surface area contributed by atoms with Crippen LogP contribution in [0.25, 0.3) is 0 Å². The highest BCUT2D eigenvalue weighted by molar-refractivity contribution is 6.29. The predicted octanol–water partition coefficient (Wildman–Crippen LogP) is 2.61. The molecule has 4 nitrogen and oxygen atoms in total. The Morgan fingerprint density at radius 3 is 2.65 bits per heavy atom. The van der Waals surface area contributed by atoms with Crippen LogP contribution in [-0.4, -0.2) is 31.2 Å². The normalized spacial score (nSPS) is 10.4. The molecule has 0 aliphatic rings. The molecule has 1 rings (SSSR count). The summed E-state index contributed by atoms with van der Waals surface area (Å²) in [6.45, 7) is 6.88. The van der Waals surface area contributed by atoms with Crippen LogP contribution < -0.4 is 4.90 Å². The van der Waals surface area contributed by atoms with Crippen molar-refractivity contribution in [2.75, 3.05) is 23.9 Å². The molecule has 1 aromatic carbocycles. The van der Waals surface area contributed by atoms with Crippen molar-refractivity contribution in [1.29, 1.82) is 0 Å². The summed E-state index contributed by atoms with van der Waals surface area (Å²) >= 11 is 5.63. The maximum atomic E-state index is 11.9. The second-order valence-corrected chi connectivity index (χ2v) is 4.72. The molecule has 0 unspecified atom stereocenters. The second kappa shape index (κ2) is 8.02. The Labute approximate surface area is 124 Å². The summed E-state index contributed by atoms with van der Waals surface area (Å²) in [4.78, 5) is 24.2. The number of aldehydes is 1. The Balaban J connectivity index is 3.25. The van der Waals surface area contributed by atoms with Crippen molar-refractivity contribution in [1.82, 2.24) is 0 Å². The van der Waals surface area contributed by atoms with Gasteiger partial charge in [-0.3, -0.25) is 4.79 Å². The summed E-state index contributed by atoms with van der Waals surface area (Å²) in [5.41, 5.74) is 3.63. The summed E-state index contributed by atoms with van der Waals surface area (Å²) in [7, 11) is 0. The van der Waals surface area contributed by atoms with Crippen LogP contribution in [0.3, 0.4) is 0 Å². The van der Waals surface area contributed by atoms with E-state index in [0.29, 0.717) is 19.5 Å². The van der Waals surface area contributed by atoms with Crippen LogP contribution >= 0.6 is 11.6 Å². The van der Waals surface area contributed by atoms with Crippen LogP contribution in [0.4, 0.5) is 5.69 Å². The lowest BCUT2D eigenvalue weighted by molar-refractivity contribution is -0.117. The Hall–Kier alpha value is -1.39. The first-order valence-corrected chi connectivity index (χ1v) is 7.07. The summed E-state index contributed by atoms with van der Waals surface area (Å²) in [5, 5.41) is 0. The minimum Gasteiger partial charge on any atom is -0.377 e. The number of nitrogens with zero attached hydrogens (tertiary/aromatic N) is 1. The first-order valence-electron chi connectivity index (χ1n) is 6.53. The maximum Gasteiger partial charge on any atom is 0.242 e. The average Bonchev–Trinajstić information content (AvgIpc) is 2.44. The zero-order valence-electron chi connectivity index (χ0n) is 12.1. The Kier molecular flexibility index (Phi) is 6.68. The van der Waals surface area contributed by atoms with E-state index >= 15 is 0 Å². The van der Waals surface area contributed by atoms with Gasteiger partial charge in [0.2, 0.25) is 5.91 Å². The topological polar surface area (TPSA) is 46.6 Å². The number of ether oxygens (including phenoxy) is 1. The smallest absolute Gasteiger partial charge is 0.242 e. The lowest BCUT2D eigenvalue weighted by Crippen LogP contribution is -2.34. The van der Waals surface area contributed by atoms with Crippen LogP contribution in [0.1, 0.15) is 23.6 Å². The third-order valence-corrected chi connectivity index (χ3v) is 3.38. The molecule has 0 N–H and O–H groups in total. The largest absolute Gasteiger partial charge is 0.377 e. The van der Waals surface area contributed by atoms with Gasteiger partial charge in [-0.15, -0.1) is 11.6 Å². The number of halogens is 1. The molecule has 0 atom stereocenters. The number of anilines is 1. The van der Waals surface area contributed by atoms with E-state index in [2.05, 4.69) is 0 Å². The molecular formula is C15H20ClNO3. The van der Waals surface area contributed by atoms with Crippen molar-refractivity contribution < 1.29 is 14.3 Å². The lowest BCUT2D eigenvalue weighted by atomic mass is 10.0. The van der Waals surface area contributed by atoms with Crippen molar-refractivity contribution >= 4 is 29.5 Å². The number of carbonyl (C=O) groups excluding carboxylic acids is 2. The van der Waals surface area contributed by atoms with E-state index in [-0.39, 0.29) is 18.3 Å². The number of aryl methyl sites for hydroxylation is 1. The third-order valence-electron chi connectivity index (χ3n) is 3.15. The van der Waals surface area contributed by atoms with E-state index in [1.54, 1.807) is 0 Å². The maximum absolute atomic E-state index is 11.9. The van der Waals surface area contributed by atoms with E-state index in [9.17, 15) is 9.59 Å². The molecule has 0 radical (unpaired) electrons. The molecule has 5 heteroatoms. The molecule has 0 aliphatic carbocycles. The molecule has 0 heterocycles. The lowest BCUT2D eigenvalue weighted by Gasteiger charge is -2.25. The van der Waals surface area contributed by atoms with E-state index in [4.69, 9.17) is 16.3 Å². The second-order valence-electron chi connectivity index (χ2n) is 4.46. The summed E-state index contributed by atoms with van der Waals surface area (Å²) in [6.07, 6.45) is 0.707. The molecular weight excluding hydrogens is 278 g/mol. The van der Waals surface area contributed by atoms with Gasteiger partial charge < -0.3 is 14.4 Å². The van der Waals surface area contributed by atoms with Crippen LogP contribution in [0, 0.1) is 13.8 Å². The fourth-order valence-corrected chi connectivity index (χ4v) is 2.27. The molecule has 20 heavy (non-hydrogen) atoms. The molecule has 0 aliphatic heterocycles. The molecule has 1 amide bonds. The number of hydrogen-bond donors (Lipinski definition) is 0. The van der Waals surface area contributed by atoms with Gasteiger partial charge in [-0.2, -0.15) is 0 Å².